The van der Waals surface area contributed by atoms with Crippen molar-refractivity contribution < 1.29 is 17.9 Å². The molecule has 1 amide bonds. The fourth-order valence-electron chi connectivity index (χ4n) is 1.35. The average Bonchev–Trinajstić information content (AvgIpc) is 2.25. The van der Waals surface area contributed by atoms with Gasteiger partial charge in [-0.25, -0.2) is 13.2 Å². The third-order valence-electron chi connectivity index (χ3n) is 1.98. The van der Waals surface area contributed by atoms with Crippen LogP contribution in [0, 0.1) is 0 Å². The van der Waals surface area contributed by atoms with Gasteiger partial charge in [0.1, 0.15) is 0 Å². The minimum absolute atomic E-state index is 0.0793. The fourth-order valence-corrected chi connectivity index (χ4v) is 3.18. The predicted molar refractivity (Wildman–Crippen MR) is 50.6 cm³/mol. The molecule has 3 N–H and O–H groups in total. The topological polar surface area (TPSA) is 98.5 Å². The lowest BCUT2D eigenvalue weighted by molar-refractivity contribution is 0.148. The summed E-state index contributed by atoms with van der Waals surface area (Å²) in [6.45, 7) is 1.92. The Balaban J connectivity index is 2.51. The van der Waals surface area contributed by atoms with E-state index < -0.39 is 28.0 Å². The molecule has 1 fully saturated rings. The second-order valence-corrected chi connectivity index (χ2v) is 5.37. The Labute approximate surface area is 82.7 Å². The highest BCUT2D eigenvalue weighted by Crippen LogP contribution is 2.10. The van der Waals surface area contributed by atoms with Gasteiger partial charge < -0.3 is 15.8 Å². The lowest BCUT2D eigenvalue weighted by Gasteiger charge is -2.14. The van der Waals surface area contributed by atoms with Crippen LogP contribution in [0.15, 0.2) is 0 Å². The van der Waals surface area contributed by atoms with Gasteiger partial charge in [0.15, 0.2) is 9.84 Å². The van der Waals surface area contributed by atoms with Crippen molar-refractivity contribution in [1.29, 1.82) is 0 Å². The summed E-state index contributed by atoms with van der Waals surface area (Å²) >= 11 is 0. The molecule has 1 aliphatic rings. The van der Waals surface area contributed by atoms with E-state index in [1.165, 1.54) is 0 Å². The fraction of sp³-hybridized carbons (Fsp3) is 0.857. The van der Waals surface area contributed by atoms with Gasteiger partial charge in [0.25, 0.3) is 0 Å². The van der Waals surface area contributed by atoms with E-state index in [2.05, 4.69) is 10.1 Å². The number of ether oxygens (including phenoxy) is 1. The maximum absolute atomic E-state index is 11.1. The summed E-state index contributed by atoms with van der Waals surface area (Å²) in [5.41, 5.74) is 5.55. The van der Waals surface area contributed by atoms with E-state index in [1.807, 2.05) is 0 Å². The van der Waals surface area contributed by atoms with Crippen LogP contribution in [0.5, 0.6) is 0 Å². The minimum Gasteiger partial charge on any atom is -0.450 e. The SMILES string of the molecule is CCOC(=O)N[C@@H]1CS(=O)(=O)C[C@@H]1N. The van der Waals surface area contributed by atoms with Crippen molar-refractivity contribution in [2.75, 3.05) is 18.1 Å². The number of amides is 1. The van der Waals surface area contributed by atoms with Gasteiger partial charge in [-0.3, -0.25) is 0 Å². The average molecular weight is 222 g/mol. The van der Waals surface area contributed by atoms with Crippen LogP contribution in [0.1, 0.15) is 6.92 Å². The Morgan fingerprint density at radius 1 is 1.57 bits per heavy atom. The van der Waals surface area contributed by atoms with E-state index >= 15 is 0 Å². The first-order valence-electron chi connectivity index (χ1n) is 4.34. The highest BCUT2D eigenvalue weighted by atomic mass is 32.2. The number of alkyl carbamates (subject to hydrolysis) is 1. The lowest BCUT2D eigenvalue weighted by Crippen LogP contribution is -2.46. The van der Waals surface area contributed by atoms with E-state index in [0.29, 0.717) is 0 Å². The quantitative estimate of drug-likeness (QED) is 0.615. The number of carbonyl (C=O) groups is 1. The van der Waals surface area contributed by atoms with Gasteiger partial charge in [-0.15, -0.1) is 0 Å². The number of carbonyl (C=O) groups excluding carboxylic acids is 1. The van der Waals surface area contributed by atoms with Gasteiger partial charge in [-0.2, -0.15) is 0 Å². The molecular weight excluding hydrogens is 208 g/mol. The molecule has 0 aromatic carbocycles. The smallest absolute Gasteiger partial charge is 0.407 e. The molecular formula is C7H14N2O4S. The molecule has 6 nitrogen and oxygen atoms in total. The molecule has 1 saturated heterocycles. The van der Waals surface area contributed by atoms with E-state index in [9.17, 15) is 13.2 Å². The minimum atomic E-state index is -3.10. The molecule has 0 saturated carbocycles. The van der Waals surface area contributed by atoms with Crippen LogP contribution in [-0.2, 0) is 14.6 Å². The molecule has 2 atom stereocenters. The van der Waals surface area contributed by atoms with Crippen LogP contribution in [0.4, 0.5) is 4.79 Å². The van der Waals surface area contributed by atoms with Crippen molar-refractivity contribution >= 4 is 15.9 Å². The van der Waals surface area contributed by atoms with Gasteiger partial charge in [0.05, 0.1) is 24.2 Å². The number of hydrogen-bond acceptors (Lipinski definition) is 5. The van der Waals surface area contributed by atoms with Crippen molar-refractivity contribution in [2.45, 2.75) is 19.0 Å². The number of hydrogen-bond donors (Lipinski definition) is 2. The molecule has 0 aliphatic carbocycles. The maximum Gasteiger partial charge on any atom is 0.407 e. The standard InChI is InChI=1S/C7H14N2O4S/c1-2-13-7(10)9-6-4-14(11,12)3-5(6)8/h5-6H,2-4,8H2,1H3,(H,9,10)/t5-,6+/m0/s1. The number of nitrogens with two attached hydrogens (primary N) is 1. The van der Waals surface area contributed by atoms with Gasteiger partial charge in [-0.05, 0) is 6.92 Å². The molecule has 0 aromatic rings. The molecule has 7 heteroatoms. The molecule has 82 valence electrons. The van der Waals surface area contributed by atoms with Crippen molar-refractivity contribution in [3.8, 4) is 0 Å². The Morgan fingerprint density at radius 3 is 2.64 bits per heavy atom. The normalized spacial score (nSPS) is 29.9. The van der Waals surface area contributed by atoms with Crippen LogP contribution >= 0.6 is 0 Å². The molecule has 14 heavy (non-hydrogen) atoms. The third kappa shape index (κ3) is 2.85. The van der Waals surface area contributed by atoms with Crippen molar-refractivity contribution in [3.05, 3.63) is 0 Å². The van der Waals surface area contributed by atoms with Crippen molar-refractivity contribution in [1.82, 2.24) is 5.32 Å². The summed E-state index contributed by atoms with van der Waals surface area (Å²) in [6.07, 6.45) is -0.620. The molecule has 1 rings (SSSR count). The molecule has 0 bridgehead atoms. The summed E-state index contributed by atoms with van der Waals surface area (Å²) in [5.74, 6) is -0.183. The van der Waals surface area contributed by atoms with Crippen molar-refractivity contribution in [3.63, 3.8) is 0 Å². The van der Waals surface area contributed by atoms with Gasteiger partial charge in [0.2, 0.25) is 0 Å². The highest BCUT2D eigenvalue weighted by molar-refractivity contribution is 7.91. The Hall–Kier alpha value is -0.820. The molecule has 0 unspecified atom stereocenters. The largest absolute Gasteiger partial charge is 0.450 e. The number of nitrogens with one attached hydrogen (secondary N) is 1. The zero-order chi connectivity index (χ0) is 10.8. The molecule has 1 aliphatic heterocycles. The Kier molecular flexibility index (Phi) is 3.33. The highest BCUT2D eigenvalue weighted by Gasteiger charge is 2.36. The van der Waals surface area contributed by atoms with E-state index in [1.54, 1.807) is 6.92 Å². The van der Waals surface area contributed by atoms with Crippen LogP contribution in [-0.4, -0.2) is 44.7 Å². The van der Waals surface area contributed by atoms with E-state index in [4.69, 9.17) is 5.73 Å². The van der Waals surface area contributed by atoms with E-state index in [0.717, 1.165) is 0 Å². The zero-order valence-corrected chi connectivity index (χ0v) is 8.71. The second-order valence-electron chi connectivity index (χ2n) is 3.21. The lowest BCUT2D eigenvalue weighted by atomic mass is 10.2. The van der Waals surface area contributed by atoms with Gasteiger partial charge in [0, 0.05) is 6.04 Å². The van der Waals surface area contributed by atoms with Crippen LogP contribution < -0.4 is 11.1 Å². The molecule has 0 radical (unpaired) electrons. The third-order valence-corrected chi connectivity index (χ3v) is 3.74. The molecule has 1 heterocycles. The van der Waals surface area contributed by atoms with E-state index in [-0.39, 0.29) is 18.1 Å². The number of sulfone groups is 1. The van der Waals surface area contributed by atoms with Gasteiger partial charge >= 0.3 is 6.09 Å². The van der Waals surface area contributed by atoms with Crippen molar-refractivity contribution in [2.24, 2.45) is 5.73 Å². The summed E-state index contributed by atoms with van der Waals surface area (Å²) in [4.78, 5) is 11.0. The molecule has 0 aromatic heterocycles. The maximum atomic E-state index is 11.1. The van der Waals surface area contributed by atoms with Crippen LogP contribution in [0.3, 0.4) is 0 Å². The summed E-state index contributed by atoms with van der Waals surface area (Å²) in [7, 11) is -3.10. The predicted octanol–water partition coefficient (Wildman–Crippen LogP) is -1.14. The summed E-state index contributed by atoms with van der Waals surface area (Å²) in [6, 6.07) is -1.07. The van der Waals surface area contributed by atoms with Crippen LogP contribution in [0.25, 0.3) is 0 Å². The first-order chi connectivity index (χ1) is 6.44. The summed E-state index contributed by atoms with van der Waals surface area (Å²) in [5, 5.41) is 2.42. The first-order valence-corrected chi connectivity index (χ1v) is 6.16. The number of rotatable bonds is 2. The van der Waals surface area contributed by atoms with Gasteiger partial charge in [-0.1, -0.05) is 0 Å². The Bertz CT molecular complexity index is 314. The Morgan fingerprint density at radius 2 is 2.21 bits per heavy atom. The summed E-state index contributed by atoms with van der Waals surface area (Å²) < 4.78 is 26.9. The second kappa shape index (κ2) is 4.14. The monoisotopic (exact) mass is 222 g/mol. The van der Waals surface area contributed by atoms with Crippen LogP contribution in [0.2, 0.25) is 0 Å². The zero-order valence-electron chi connectivity index (χ0n) is 7.89. The molecule has 0 spiro atoms. The first kappa shape index (κ1) is 11.3.